The second-order valence-electron chi connectivity index (χ2n) is 4.58. The molecule has 1 N–H and O–H groups in total. The Morgan fingerprint density at radius 2 is 2.20 bits per heavy atom. The van der Waals surface area contributed by atoms with Crippen LogP contribution in [0.4, 0.5) is 0 Å². The molecule has 0 spiro atoms. The van der Waals surface area contributed by atoms with Crippen LogP contribution in [-0.2, 0) is 13.1 Å². The van der Waals surface area contributed by atoms with Crippen molar-refractivity contribution in [2.45, 2.75) is 46.7 Å². The molecule has 2 heteroatoms. The lowest BCUT2D eigenvalue weighted by molar-refractivity contribution is 0.500. The van der Waals surface area contributed by atoms with Crippen LogP contribution >= 0.6 is 0 Å². The van der Waals surface area contributed by atoms with Crippen LogP contribution in [0.25, 0.3) is 0 Å². The van der Waals surface area contributed by atoms with Gasteiger partial charge in [-0.15, -0.1) is 0 Å². The van der Waals surface area contributed by atoms with Crippen LogP contribution in [0.15, 0.2) is 18.3 Å². The minimum atomic E-state index is 0.715. The average molecular weight is 208 g/mol. The molecule has 0 bridgehead atoms. The van der Waals surface area contributed by atoms with Crippen LogP contribution in [0.2, 0.25) is 0 Å². The molecule has 0 saturated carbocycles. The molecule has 0 saturated heterocycles. The Labute approximate surface area is 93.7 Å². The molecule has 15 heavy (non-hydrogen) atoms. The highest BCUT2D eigenvalue weighted by molar-refractivity contribution is 5.06. The summed E-state index contributed by atoms with van der Waals surface area (Å²) in [7, 11) is 0. The van der Waals surface area contributed by atoms with Gasteiger partial charge in [-0.05, 0) is 31.0 Å². The molecule has 0 unspecified atom stereocenters. The second kappa shape index (κ2) is 6.67. The number of nitrogens with zero attached hydrogens (tertiary/aromatic N) is 1. The largest absolute Gasteiger partial charge is 0.350 e. The molecule has 0 aromatic carbocycles. The predicted molar refractivity (Wildman–Crippen MR) is 65.9 cm³/mol. The van der Waals surface area contributed by atoms with Crippen molar-refractivity contribution in [3.63, 3.8) is 0 Å². The Balaban J connectivity index is 2.36. The summed E-state index contributed by atoms with van der Waals surface area (Å²) < 4.78 is 2.35. The van der Waals surface area contributed by atoms with Crippen LogP contribution in [0, 0.1) is 5.92 Å². The van der Waals surface area contributed by atoms with Crippen molar-refractivity contribution in [3.8, 4) is 0 Å². The summed E-state index contributed by atoms with van der Waals surface area (Å²) in [5, 5.41) is 3.48. The number of nitrogens with one attached hydrogen (secondary N) is 1. The van der Waals surface area contributed by atoms with Crippen LogP contribution in [0.3, 0.4) is 0 Å². The van der Waals surface area contributed by atoms with Gasteiger partial charge >= 0.3 is 0 Å². The van der Waals surface area contributed by atoms with Crippen LogP contribution < -0.4 is 5.32 Å². The van der Waals surface area contributed by atoms with Gasteiger partial charge in [0.1, 0.15) is 0 Å². The molecular formula is C13H24N2. The highest BCUT2D eigenvalue weighted by atomic mass is 15.0. The number of hydrogen-bond acceptors (Lipinski definition) is 1. The molecule has 86 valence electrons. The quantitative estimate of drug-likeness (QED) is 0.682. The first-order valence-corrected chi connectivity index (χ1v) is 6.08. The fraction of sp³-hybridized carbons (Fsp3) is 0.692. The third-order valence-corrected chi connectivity index (χ3v) is 2.50. The first kappa shape index (κ1) is 12.3. The molecule has 0 fully saturated rings. The summed E-state index contributed by atoms with van der Waals surface area (Å²) in [5.41, 5.74) is 1.40. The molecule has 1 rings (SSSR count). The molecule has 1 heterocycles. The van der Waals surface area contributed by atoms with Crippen LogP contribution in [0.1, 0.15) is 39.3 Å². The second-order valence-corrected chi connectivity index (χ2v) is 4.58. The van der Waals surface area contributed by atoms with Crippen molar-refractivity contribution in [3.05, 3.63) is 24.0 Å². The normalized spacial score (nSPS) is 11.2. The Morgan fingerprint density at radius 3 is 2.87 bits per heavy atom. The minimum absolute atomic E-state index is 0.715. The number of hydrogen-bond donors (Lipinski definition) is 1. The van der Waals surface area contributed by atoms with Gasteiger partial charge in [0.25, 0.3) is 0 Å². The SMILES string of the molecule is CCCCNCc1cccn1CC(C)C. The van der Waals surface area contributed by atoms with Crippen molar-refractivity contribution in [1.82, 2.24) is 9.88 Å². The Hall–Kier alpha value is -0.760. The number of rotatable bonds is 7. The Bertz CT molecular complexity index is 263. The van der Waals surface area contributed by atoms with E-state index in [0.29, 0.717) is 5.92 Å². The minimum Gasteiger partial charge on any atom is -0.350 e. The lowest BCUT2D eigenvalue weighted by Crippen LogP contribution is -2.18. The van der Waals surface area contributed by atoms with Crippen LogP contribution in [-0.4, -0.2) is 11.1 Å². The summed E-state index contributed by atoms with van der Waals surface area (Å²) in [6.07, 6.45) is 4.71. The fourth-order valence-electron chi connectivity index (χ4n) is 1.70. The monoisotopic (exact) mass is 208 g/mol. The molecule has 0 aliphatic heterocycles. The molecule has 0 aliphatic carbocycles. The van der Waals surface area contributed by atoms with E-state index >= 15 is 0 Å². The zero-order chi connectivity index (χ0) is 11.1. The van der Waals surface area contributed by atoms with E-state index < -0.39 is 0 Å². The van der Waals surface area contributed by atoms with Gasteiger partial charge in [0.05, 0.1) is 0 Å². The van der Waals surface area contributed by atoms with Gasteiger partial charge in [-0.1, -0.05) is 27.2 Å². The smallest absolute Gasteiger partial charge is 0.0359 e. The molecular weight excluding hydrogens is 184 g/mol. The number of aromatic nitrogens is 1. The molecule has 1 aromatic heterocycles. The maximum atomic E-state index is 3.48. The van der Waals surface area contributed by atoms with Gasteiger partial charge in [0.15, 0.2) is 0 Å². The summed E-state index contributed by atoms with van der Waals surface area (Å²) in [6.45, 7) is 9.99. The summed E-state index contributed by atoms with van der Waals surface area (Å²) in [6, 6.07) is 4.35. The zero-order valence-corrected chi connectivity index (χ0v) is 10.3. The van der Waals surface area contributed by atoms with E-state index in [1.165, 1.54) is 18.5 Å². The standard InChI is InChI=1S/C13H24N2/c1-4-5-8-14-10-13-7-6-9-15(13)11-12(2)3/h6-7,9,12,14H,4-5,8,10-11H2,1-3H3. The van der Waals surface area contributed by atoms with Crippen molar-refractivity contribution in [2.75, 3.05) is 6.54 Å². The third-order valence-electron chi connectivity index (χ3n) is 2.50. The highest BCUT2D eigenvalue weighted by Crippen LogP contribution is 2.06. The zero-order valence-electron chi connectivity index (χ0n) is 10.3. The third kappa shape index (κ3) is 4.52. The first-order valence-electron chi connectivity index (χ1n) is 6.08. The van der Waals surface area contributed by atoms with Gasteiger partial charge in [0.2, 0.25) is 0 Å². The van der Waals surface area contributed by atoms with E-state index in [-0.39, 0.29) is 0 Å². The maximum Gasteiger partial charge on any atom is 0.0359 e. The van der Waals surface area contributed by atoms with E-state index in [9.17, 15) is 0 Å². The summed E-state index contributed by atoms with van der Waals surface area (Å²) in [5.74, 6) is 0.715. The van der Waals surface area contributed by atoms with E-state index in [1.54, 1.807) is 0 Å². The molecule has 0 aliphatic rings. The Morgan fingerprint density at radius 1 is 1.40 bits per heavy atom. The van der Waals surface area contributed by atoms with Crippen molar-refractivity contribution >= 4 is 0 Å². The molecule has 0 amide bonds. The lowest BCUT2D eigenvalue weighted by Gasteiger charge is -2.12. The van der Waals surface area contributed by atoms with Gasteiger partial charge in [0, 0.05) is 25.0 Å². The Kier molecular flexibility index (Phi) is 5.48. The fourth-order valence-corrected chi connectivity index (χ4v) is 1.70. The van der Waals surface area contributed by atoms with E-state index in [2.05, 4.69) is 49.0 Å². The van der Waals surface area contributed by atoms with Gasteiger partial charge in [-0.3, -0.25) is 0 Å². The predicted octanol–water partition coefficient (Wildman–Crippen LogP) is 3.03. The molecule has 2 nitrogen and oxygen atoms in total. The van der Waals surface area contributed by atoms with Crippen LogP contribution in [0.5, 0.6) is 0 Å². The molecule has 0 atom stereocenters. The molecule has 0 radical (unpaired) electrons. The highest BCUT2D eigenvalue weighted by Gasteiger charge is 2.01. The van der Waals surface area contributed by atoms with Gasteiger partial charge in [-0.2, -0.15) is 0 Å². The first-order chi connectivity index (χ1) is 7.24. The summed E-state index contributed by atoms with van der Waals surface area (Å²) in [4.78, 5) is 0. The van der Waals surface area contributed by atoms with E-state index in [4.69, 9.17) is 0 Å². The maximum absolute atomic E-state index is 3.48. The van der Waals surface area contributed by atoms with Gasteiger partial charge in [-0.25, -0.2) is 0 Å². The average Bonchev–Trinajstić information content (AvgIpc) is 2.59. The van der Waals surface area contributed by atoms with E-state index in [0.717, 1.165) is 19.6 Å². The number of unbranched alkanes of at least 4 members (excludes halogenated alkanes) is 1. The van der Waals surface area contributed by atoms with Gasteiger partial charge < -0.3 is 9.88 Å². The lowest BCUT2D eigenvalue weighted by atomic mass is 10.2. The van der Waals surface area contributed by atoms with Crippen molar-refractivity contribution < 1.29 is 0 Å². The molecule has 1 aromatic rings. The summed E-state index contributed by atoms with van der Waals surface area (Å²) >= 11 is 0. The topological polar surface area (TPSA) is 17.0 Å². The van der Waals surface area contributed by atoms with Crippen molar-refractivity contribution in [2.24, 2.45) is 5.92 Å². The van der Waals surface area contributed by atoms with Crippen molar-refractivity contribution in [1.29, 1.82) is 0 Å². The van der Waals surface area contributed by atoms with E-state index in [1.807, 2.05) is 0 Å².